The highest BCUT2D eigenvalue weighted by Gasteiger charge is 2.94. The third-order valence-electron chi connectivity index (χ3n) is 5.02. The fourth-order valence-electron chi connectivity index (χ4n) is 4.04. The van der Waals surface area contributed by atoms with Gasteiger partial charge in [0.2, 0.25) is 0 Å². The highest BCUT2D eigenvalue weighted by atomic mass is 79.9. The Balaban J connectivity index is 1.95. The molecule has 0 bridgehead atoms. The third-order valence-corrected chi connectivity index (χ3v) is 5.74. The zero-order valence-electron chi connectivity index (χ0n) is 12.3. The molecule has 6 nitrogen and oxygen atoms in total. The van der Waals surface area contributed by atoms with Gasteiger partial charge in [-0.15, -0.1) is 0 Å². The molecule has 0 radical (unpaired) electrons. The van der Waals surface area contributed by atoms with Crippen molar-refractivity contribution in [1.29, 1.82) is 10.5 Å². The zero-order valence-corrected chi connectivity index (χ0v) is 13.9. The molecule has 2 fully saturated rings. The second-order valence-electron chi connectivity index (χ2n) is 6.11. The van der Waals surface area contributed by atoms with Crippen LogP contribution < -0.4 is 5.73 Å². The normalized spacial score (nSPS) is 43.6. The van der Waals surface area contributed by atoms with Crippen LogP contribution in [-0.4, -0.2) is 24.5 Å². The summed E-state index contributed by atoms with van der Waals surface area (Å²) in [5.41, 5.74) is 4.44. The Morgan fingerprint density at radius 2 is 2.09 bits per heavy atom. The summed E-state index contributed by atoms with van der Waals surface area (Å²) in [6, 6.07) is 12.0. The molecule has 1 spiro atoms. The van der Waals surface area contributed by atoms with Gasteiger partial charge in [0.1, 0.15) is 11.3 Å². The average molecular weight is 373 g/mol. The SMILES string of the molecule is CC1COC2(N=C(N)C3(C#N)C(c4ccccc4Br)C23C#N)O1. The minimum absolute atomic E-state index is 0.108. The second kappa shape index (κ2) is 4.33. The van der Waals surface area contributed by atoms with Gasteiger partial charge in [0.15, 0.2) is 5.41 Å². The van der Waals surface area contributed by atoms with E-state index in [1.54, 1.807) is 0 Å². The molecule has 1 aliphatic carbocycles. The predicted octanol–water partition coefficient (Wildman–Crippen LogP) is 2.03. The van der Waals surface area contributed by atoms with E-state index < -0.39 is 22.7 Å². The Morgan fingerprint density at radius 3 is 2.65 bits per heavy atom. The molecule has 116 valence electrons. The molecular formula is C16H13BrN4O2. The van der Waals surface area contributed by atoms with E-state index in [0.29, 0.717) is 6.61 Å². The first-order valence-electron chi connectivity index (χ1n) is 7.23. The summed E-state index contributed by atoms with van der Waals surface area (Å²) < 4.78 is 12.5. The minimum atomic E-state index is -1.50. The number of rotatable bonds is 1. The number of nitrogens with two attached hydrogens (primary N) is 1. The van der Waals surface area contributed by atoms with Crippen molar-refractivity contribution in [2.45, 2.75) is 24.9 Å². The van der Waals surface area contributed by atoms with Crippen molar-refractivity contribution >= 4 is 21.8 Å². The molecule has 0 aromatic heterocycles. The molecule has 2 aliphatic heterocycles. The van der Waals surface area contributed by atoms with E-state index in [2.05, 4.69) is 33.1 Å². The Bertz CT molecular complexity index is 828. The van der Waals surface area contributed by atoms with Gasteiger partial charge in [0.05, 0.1) is 24.8 Å². The molecule has 4 rings (SSSR count). The topological polar surface area (TPSA) is 104 Å². The van der Waals surface area contributed by atoms with Gasteiger partial charge < -0.3 is 15.2 Å². The van der Waals surface area contributed by atoms with Crippen LogP contribution in [0.3, 0.4) is 0 Å². The third kappa shape index (κ3) is 1.37. The Hall–Kier alpha value is -1.93. The van der Waals surface area contributed by atoms with E-state index in [4.69, 9.17) is 15.2 Å². The van der Waals surface area contributed by atoms with E-state index in [0.717, 1.165) is 10.0 Å². The first-order valence-corrected chi connectivity index (χ1v) is 8.03. The number of halogens is 1. The maximum Gasteiger partial charge on any atom is 0.293 e. The molecule has 2 N–H and O–H groups in total. The molecule has 5 unspecified atom stereocenters. The van der Waals surface area contributed by atoms with Crippen molar-refractivity contribution < 1.29 is 9.47 Å². The van der Waals surface area contributed by atoms with E-state index in [-0.39, 0.29) is 11.9 Å². The van der Waals surface area contributed by atoms with Crippen LogP contribution in [0.1, 0.15) is 18.4 Å². The van der Waals surface area contributed by atoms with Crippen molar-refractivity contribution in [2.75, 3.05) is 6.61 Å². The van der Waals surface area contributed by atoms with Gasteiger partial charge >= 0.3 is 0 Å². The van der Waals surface area contributed by atoms with Crippen LogP contribution in [0.15, 0.2) is 33.7 Å². The molecule has 3 aliphatic rings. The number of hydrogen-bond acceptors (Lipinski definition) is 6. The van der Waals surface area contributed by atoms with E-state index in [1.807, 2.05) is 31.2 Å². The summed E-state index contributed by atoms with van der Waals surface area (Å²) in [4.78, 5) is 4.28. The van der Waals surface area contributed by atoms with Gasteiger partial charge in [-0.25, -0.2) is 4.99 Å². The lowest BCUT2D eigenvalue weighted by atomic mass is 9.94. The average Bonchev–Trinajstić information content (AvgIpc) is 2.91. The fraction of sp³-hybridized carbons (Fsp3) is 0.438. The Labute approximate surface area is 141 Å². The highest BCUT2D eigenvalue weighted by molar-refractivity contribution is 9.10. The Morgan fingerprint density at radius 1 is 1.35 bits per heavy atom. The number of amidine groups is 1. The zero-order chi connectivity index (χ0) is 16.5. The number of benzene rings is 1. The van der Waals surface area contributed by atoms with Crippen LogP contribution in [-0.2, 0) is 9.47 Å². The van der Waals surface area contributed by atoms with Crippen molar-refractivity contribution in [1.82, 2.24) is 0 Å². The summed E-state index contributed by atoms with van der Waals surface area (Å²) in [7, 11) is 0. The number of aliphatic imine (C=N–C) groups is 1. The molecule has 1 saturated heterocycles. The molecule has 1 aromatic carbocycles. The summed E-state index contributed by atoms with van der Waals surface area (Å²) in [5.74, 6) is -1.85. The lowest BCUT2D eigenvalue weighted by Gasteiger charge is -2.26. The van der Waals surface area contributed by atoms with Crippen LogP contribution >= 0.6 is 15.9 Å². The summed E-state index contributed by atoms with van der Waals surface area (Å²) in [5, 5.41) is 19.9. The molecular weight excluding hydrogens is 360 g/mol. The molecule has 1 saturated carbocycles. The van der Waals surface area contributed by atoms with Gasteiger partial charge in [0, 0.05) is 10.4 Å². The van der Waals surface area contributed by atoms with Crippen LogP contribution in [0.2, 0.25) is 0 Å². The van der Waals surface area contributed by atoms with E-state index in [9.17, 15) is 10.5 Å². The number of hydrogen-bond donors (Lipinski definition) is 1. The monoisotopic (exact) mass is 372 g/mol. The summed E-state index contributed by atoms with van der Waals surface area (Å²) in [6.45, 7) is 2.15. The standard InChI is InChI=1S/C16H13BrN4O2/c1-9-6-22-16(23-9)15(8-19)12(10-4-2-3-5-11(10)17)14(15,7-18)13(20)21-16/h2-5,9,12H,6H2,1H3,(H2,20,21). The van der Waals surface area contributed by atoms with Gasteiger partial charge in [-0.05, 0) is 18.6 Å². The van der Waals surface area contributed by atoms with Crippen LogP contribution in [0.4, 0.5) is 0 Å². The molecule has 2 heterocycles. The summed E-state index contributed by atoms with van der Waals surface area (Å²) >= 11 is 3.50. The molecule has 1 aromatic rings. The number of ether oxygens (including phenoxy) is 2. The molecule has 0 amide bonds. The predicted molar refractivity (Wildman–Crippen MR) is 83.8 cm³/mol. The van der Waals surface area contributed by atoms with Crippen molar-refractivity contribution in [2.24, 2.45) is 21.6 Å². The maximum atomic E-state index is 10.0. The van der Waals surface area contributed by atoms with Crippen molar-refractivity contribution in [3.05, 3.63) is 34.3 Å². The van der Waals surface area contributed by atoms with Crippen LogP contribution in [0.5, 0.6) is 0 Å². The van der Waals surface area contributed by atoms with Crippen LogP contribution in [0, 0.1) is 33.5 Å². The first-order chi connectivity index (χ1) is 11.0. The quantitative estimate of drug-likeness (QED) is 0.811. The molecule has 23 heavy (non-hydrogen) atoms. The minimum Gasteiger partial charge on any atom is -0.386 e. The van der Waals surface area contributed by atoms with Gasteiger partial charge in [0.25, 0.3) is 5.91 Å². The first kappa shape index (κ1) is 14.6. The Kier molecular flexibility index (Phi) is 2.76. The van der Waals surface area contributed by atoms with Crippen molar-refractivity contribution in [3.63, 3.8) is 0 Å². The highest BCUT2D eigenvalue weighted by Crippen LogP contribution is 2.82. The molecule has 7 heteroatoms. The fourth-order valence-corrected chi connectivity index (χ4v) is 4.55. The van der Waals surface area contributed by atoms with Gasteiger partial charge in [-0.1, -0.05) is 34.1 Å². The molecule has 5 atom stereocenters. The number of nitriles is 2. The van der Waals surface area contributed by atoms with Gasteiger partial charge in [-0.3, -0.25) is 0 Å². The number of nitrogens with zero attached hydrogens (tertiary/aromatic N) is 3. The lowest BCUT2D eigenvalue weighted by molar-refractivity contribution is -0.193. The maximum absolute atomic E-state index is 10.0. The largest absolute Gasteiger partial charge is 0.386 e. The summed E-state index contributed by atoms with van der Waals surface area (Å²) in [6.07, 6.45) is -0.216. The number of fused-ring (bicyclic) bond motifs is 2. The van der Waals surface area contributed by atoms with E-state index in [1.165, 1.54) is 0 Å². The van der Waals surface area contributed by atoms with Crippen LogP contribution in [0.25, 0.3) is 0 Å². The second-order valence-corrected chi connectivity index (χ2v) is 6.97. The van der Waals surface area contributed by atoms with Gasteiger partial charge in [-0.2, -0.15) is 10.5 Å². The lowest BCUT2D eigenvalue weighted by Crippen LogP contribution is -2.39. The van der Waals surface area contributed by atoms with E-state index >= 15 is 0 Å². The smallest absolute Gasteiger partial charge is 0.293 e. The van der Waals surface area contributed by atoms with Crippen molar-refractivity contribution in [3.8, 4) is 12.1 Å².